The lowest BCUT2D eigenvalue weighted by Crippen LogP contribution is -2.59. The van der Waals surface area contributed by atoms with Crippen LogP contribution in [0.4, 0.5) is 0 Å². The normalized spacial score (nSPS) is 18.7. The Bertz CT molecular complexity index is 3200. The largest absolute Gasteiger partial charge is 0.456 e. The van der Waals surface area contributed by atoms with Gasteiger partial charge in [0.05, 0.1) is 35.2 Å². The number of allylic oxidation sites excluding steroid dienone is 3. The highest BCUT2D eigenvalue weighted by Gasteiger charge is 2.31. The molecular weight excluding hydrogens is 717 g/mol. The van der Waals surface area contributed by atoms with Crippen LogP contribution in [0.25, 0.3) is 80.7 Å². The highest BCUT2D eigenvalue weighted by molar-refractivity contribution is 7.26. The fourth-order valence-corrected chi connectivity index (χ4v) is 10.5. The van der Waals surface area contributed by atoms with Gasteiger partial charge in [0.15, 0.2) is 0 Å². The van der Waals surface area contributed by atoms with E-state index in [4.69, 9.17) is 4.42 Å². The molecule has 3 unspecified atom stereocenters. The number of hydrogen-bond acceptors (Lipinski definition) is 5. The molecule has 1 aliphatic heterocycles. The molecule has 12 rings (SSSR count). The van der Waals surface area contributed by atoms with E-state index in [1.807, 2.05) is 11.3 Å². The molecule has 4 heterocycles. The van der Waals surface area contributed by atoms with Crippen LogP contribution < -0.4 is 16.0 Å². The van der Waals surface area contributed by atoms with Gasteiger partial charge in [-0.05, 0) is 83.1 Å². The highest BCUT2D eigenvalue weighted by atomic mass is 32.1. The Morgan fingerprint density at radius 2 is 1.28 bits per heavy atom. The van der Waals surface area contributed by atoms with Crippen LogP contribution in [0.15, 0.2) is 180 Å². The molecule has 5 nitrogen and oxygen atoms in total. The van der Waals surface area contributed by atoms with E-state index < -0.39 is 0 Å². The van der Waals surface area contributed by atoms with E-state index in [2.05, 4.69) is 190 Å². The van der Waals surface area contributed by atoms with Crippen molar-refractivity contribution in [2.45, 2.75) is 31.3 Å². The van der Waals surface area contributed by atoms with Crippen molar-refractivity contribution < 1.29 is 4.42 Å². The first kappa shape index (κ1) is 32.9. The SMILES string of the molecule is C1=CCCC(C2NC(c3ccccc3)NC(c3ccc4c(c3)oc3cccc(-c5ccc6c(c5)sc5cccc(-n7c8ccccc8c8ccccc87)c56)c34)N2)=C1. The number of hydrogen-bond donors (Lipinski definition) is 3. The van der Waals surface area contributed by atoms with Crippen molar-refractivity contribution in [1.29, 1.82) is 0 Å². The molecule has 2 aliphatic rings. The zero-order valence-corrected chi connectivity index (χ0v) is 31.9. The molecule has 0 bridgehead atoms. The van der Waals surface area contributed by atoms with Crippen molar-refractivity contribution in [2.24, 2.45) is 0 Å². The predicted octanol–water partition coefficient (Wildman–Crippen LogP) is 12.8. The van der Waals surface area contributed by atoms with Crippen molar-refractivity contribution in [3.63, 3.8) is 0 Å². The van der Waals surface area contributed by atoms with Gasteiger partial charge in [-0.1, -0.05) is 127 Å². The summed E-state index contributed by atoms with van der Waals surface area (Å²) in [5.74, 6) is 0. The van der Waals surface area contributed by atoms with Crippen LogP contribution in [0.3, 0.4) is 0 Å². The quantitative estimate of drug-likeness (QED) is 0.164. The molecular formula is C51H38N4OS. The molecule has 0 radical (unpaired) electrons. The number of para-hydroxylation sites is 2. The van der Waals surface area contributed by atoms with Gasteiger partial charge < -0.3 is 8.98 Å². The molecule has 0 saturated carbocycles. The maximum Gasteiger partial charge on any atom is 0.136 e. The van der Waals surface area contributed by atoms with Gasteiger partial charge in [0, 0.05) is 41.7 Å². The van der Waals surface area contributed by atoms with E-state index in [1.165, 1.54) is 69.9 Å². The Labute approximate surface area is 333 Å². The first-order valence-electron chi connectivity index (χ1n) is 19.8. The van der Waals surface area contributed by atoms with E-state index in [-0.39, 0.29) is 18.5 Å². The van der Waals surface area contributed by atoms with Crippen LogP contribution in [0.1, 0.15) is 36.3 Å². The average Bonchev–Trinajstić information content (AvgIpc) is 3.96. The van der Waals surface area contributed by atoms with Gasteiger partial charge in [0.25, 0.3) is 0 Å². The number of nitrogens with one attached hydrogen (secondary N) is 3. The van der Waals surface area contributed by atoms with Gasteiger partial charge in [-0.2, -0.15) is 0 Å². The minimum Gasteiger partial charge on any atom is -0.456 e. The van der Waals surface area contributed by atoms with Crippen LogP contribution in [-0.2, 0) is 0 Å². The lowest BCUT2D eigenvalue weighted by atomic mass is 9.97. The van der Waals surface area contributed by atoms with Gasteiger partial charge in [-0.25, -0.2) is 0 Å². The monoisotopic (exact) mass is 754 g/mol. The third kappa shape index (κ3) is 5.33. The zero-order valence-electron chi connectivity index (χ0n) is 31.1. The number of nitrogens with zero attached hydrogens (tertiary/aromatic N) is 1. The molecule has 3 atom stereocenters. The van der Waals surface area contributed by atoms with E-state index in [0.717, 1.165) is 40.3 Å². The summed E-state index contributed by atoms with van der Waals surface area (Å²) in [6, 6.07) is 55.1. The maximum absolute atomic E-state index is 6.67. The van der Waals surface area contributed by atoms with E-state index in [1.54, 1.807) is 0 Å². The third-order valence-corrected chi connectivity index (χ3v) is 13.1. The molecule has 57 heavy (non-hydrogen) atoms. The molecule has 1 fully saturated rings. The average molecular weight is 755 g/mol. The molecule has 1 aliphatic carbocycles. The van der Waals surface area contributed by atoms with Crippen molar-refractivity contribution in [3.8, 4) is 16.8 Å². The van der Waals surface area contributed by atoms with Crippen LogP contribution in [-0.4, -0.2) is 10.7 Å². The van der Waals surface area contributed by atoms with Crippen molar-refractivity contribution in [3.05, 3.63) is 187 Å². The zero-order chi connectivity index (χ0) is 37.5. The van der Waals surface area contributed by atoms with Crippen LogP contribution in [0.2, 0.25) is 0 Å². The standard InChI is InChI=1S/C51H38N4OS/c1-3-13-31(14-4-1)49-52-50(32-15-5-2-6-16-32)54-51(53-49)34-26-27-38-44(29-34)56-43-23-11-19-35(47(38)43)33-25-28-39-46(30-33)57-45-24-12-22-42(48(39)45)55-40-20-9-7-17-36(40)37-18-8-10-21-41(37)55/h1-5,7-15,17-30,49-54H,6,16H2. The van der Waals surface area contributed by atoms with Crippen LogP contribution >= 0.6 is 11.3 Å². The summed E-state index contributed by atoms with van der Waals surface area (Å²) in [4.78, 5) is 0. The molecule has 274 valence electrons. The van der Waals surface area contributed by atoms with Gasteiger partial charge >= 0.3 is 0 Å². The van der Waals surface area contributed by atoms with E-state index in [0.29, 0.717) is 0 Å². The fourth-order valence-electron chi connectivity index (χ4n) is 9.36. The number of thiophene rings is 1. The molecule has 1 saturated heterocycles. The topological polar surface area (TPSA) is 54.2 Å². The van der Waals surface area contributed by atoms with E-state index in [9.17, 15) is 0 Å². The smallest absolute Gasteiger partial charge is 0.136 e. The maximum atomic E-state index is 6.67. The summed E-state index contributed by atoms with van der Waals surface area (Å²) in [6.45, 7) is 0. The summed E-state index contributed by atoms with van der Waals surface area (Å²) < 4.78 is 11.7. The Morgan fingerprint density at radius 3 is 2.09 bits per heavy atom. The second-order valence-electron chi connectivity index (χ2n) is 15.3. The first-order chi connectivity index (χ1) is 28.2. The Morgan fingerprint density at radius 1 is 0.544 bits per heavy atom. The Hall–Kier alpha value is -6.28. The number of fused-ring (bicyclic) bond motifs is 9. The van der Waals surface area contributed by atoms with Gasteiger partial charge in [-0.15, -0.1) is 11.3 Å². The summed E-state index contributed by atoms with van der Waals surface area (Å²) in [6.07, 6.45) is 8.74. The molecule has 10 aromatic rings. The second-order valence-corrected chi connectivity index (χ2v) is 16.4. The van der Waals surface area contributed by atoms with Crippen LogP contribution in [0.5, 0.6) is 0 Å². The number of rotatable bonds is 5. The third-order valence-electron chi connectivity index (χ3n) is 12.0. The minimum absolute atomic E-state index is 0.00547. The minimum atomic E-state index is -0.0758. The van der Waals surface area contributed by atoms with Crippen molar-refractivity contribution >= 4 is 75.3 Å². The number of benzene rings is 7. The molecule has 0 spiro atoms. The summed E-state index contributed by atoms with van der Waals surface area (Å²) in [7, 11) is 0. The summed E-state index contributed by atoms with van der Waals surface area (Å²) in [5.41, 5.74) is 11.6. The lowest BCUT2D eigenvalue weighted by molar-refractivity contribution is 0.219. The fraction of sp³-hybridized carbons (Fsp3) is 0.0980. The van der Waals surface area contributed by atoms with Gasteiger partial charge in [0.2, 0.25) is 0 Å². The lowest BCUT2D eigenvalue weighted by Gasteiger charge is -2.40. The number of furan rings is 1. The molecule has 3 N–H and O–H groups in total. The second kappa shape index (κ2) is 13.2. The Balaban J connectivity index is 0.946. The van der Waals surface area contributed by atoms with Crippen LogP contribution in [0, 0.1) is 0 Å². The first-order valence-corrected chi connectivity index (χ1v) is 20.6. The van der Waals surface area contributed by atoms with Gasteiger partial charge in [0.1, 0.15) is 11.2 Å². The molecule has 7 aromatic carbocycles. The molecule has 3 aromatic heterocycles. The highest BCUT2D eigenvalue weighted by Crippen LogP contribution is 2.44. The summed E-state index contributed by atoms with van der Waals surface area (Å²) in [5, 5.41) is 18.9. The molecule has 6 heteroatoms. The Kier molecular flexibility index (Phi) is 7.60. The number of aromatic nitrogens is 1. The van der Waals surface area contributed by atoms with Crippen molar-refractivity contribution in [2.75, 3.05) is 0 Å². The van der Waals surface area contributed by atoms with Gasteiger partial charge in [-0.3, -0.25) is 16.0 Å². The predicted molar refractivity (Wildman–Crippen MR) is 238 cm³/mol. The van der Waals surface area contributed by atoms with Crippen molar-refractivity contribution in [1.82, 2.24) is 20.5 Å². The molecule has 0 amide bonds. The summed E-state index contributed by atoms with van der Waals surface area (Å²) >= 11 is 1.87. The van der Waals surface area contributed by atoms with E-state index >= 15 is 0 Å².